The Labute approximate surface area is 153 Å². The van der Waals surface area contributed by atoms with Gasteiger partial charge in [-0.2, -0.15) is 11.8 Å². The quantitative estimate of drug-likeness (QED) is 0.608. The van der Waals surface area contributed by atoms with Crippen LogP contribution in [0.1, 0.15) is 25.0 Å². The van der Waals surface area contributed by atoms with E-state index in [0.29, 0.717) is 11.3 Å². The van der Waals surface area contributed by atoms with Crippen LogP contribution in [-0.2, 0) is 0 Å². The summed E-state index contributed by atoms with van der Waals surface area (Å²) in [4.78, 5) is 2.03. The largest absolute Gasteiger partial charge is 0.370 e. The maximum Gasteiger partial charge on any atom is 0.131 e. The van der Waals surface area contributed by atoms with Crippen LogP contribution in [0.2, 0.25) is 0 Å². The molecule has 0 spiro atoms. The fourth-order valence-corrected chi connectivity index (χ4v) is 3.09. The lowest BCUT2D eigenvalue weighted by Gasteiger charge is -2.28. The van der Waals surface area contributed by atoms with Gasteiger partial charge in [0.15, 0.2) is 0 Å². The summed E-state index contributed by atoms with van der Waals surface area (Å²) in [5.41, 5.74) is 1.47. The predicted octanol–water partition coefficient (Wildman–Crippen LogP) is 5.99. The van der Waals surface area contributed by atoms with Crippen molar-refractivity contribution in [3.63, 3.8) is 0 Å². The summed E-state index contributed by atoms with van der Waals surface area (Å²) in [5.74, 6) is 1.01. The molecule has 0 aromatic heterocycles. The van der Waals surface area contributed by atoms with Crippen molar-refractivity contribution in [2.24, 2.45) is 0 Å². The molecule has 0 N–H and O–H groups in total. The zero-order chi connectivity index (χ0) is 18.8. The molecule has 0 atom stereocenters. The third-order valence-electron chi connectivity index (χ3n) is 3.72. The van der Waals surface area contributed by atoms with Crippen LogP contribution in [0.3, 0.4) is 0 Å². The van der Waals surface area contributed by atoms with Crippen molar-refractivity contribution < 1.29 is 13.2 Å². The molecule has 0 bridgehead atoms. The Morgan fingerprint density at radius 3 is 1.80 bits per heavy atom. The van der Waals surface area contributed by atoms with E-state index in [9.17, 15) is 13.2 Å². The molecule has 25 heavy (non-hydrogen) atoms. The molecule has 0 amide bonds. The van der Waals surface area contributed by atoms with E-state index in [1.165, 1.54) is 25.1 Å². The maximum absolute atomic E-state index is 13.3. The first-order chi connectivity index (χ1) is 12.0. The van der Waals surface area contributed by atoms with E-state index in [4.69, 9.17) is 0 Å². The maximum atomic E-state index is 13.3. The number of benzene rings is 2. The van der Waals surface area contributed by atoms with Crippen molar-refractivity contribution in [3.05, 3.63) is 65.0 Å². The normalized spacial score (nSPS) is 13.3. The van der Waals surface area contributed by atoms with Crippen LogP contribution in [0.15, 0.2) is 36.4 Å². The highest BCUT2D eigenvalue weighted by atomic mass is 32.2. The summed E-state index contributed by atoms with van der Waals surface area (Å²) >= 11 is 1.88. The van der Waals surface area contributed by atoms with Crippen LogP contribution in [0.25, 0.3) is 0 Å². The molecule has 1 aliphatic rings. The van der Waals surface area contributed by atoms with Gasteiger partial charge < -0.3 is 4.90 Å². The predicted molar refractivity (Wildman–Crippen MR) is 103 cm³/mol. The molecule has 1 heterocycles. The minimum atomic E-state index is -0.455. The van der Waals surface area contributed by atoms with Crippen molar-refractivity contribution in [2.75, 3.05) is 29.5 Å². The molecule has 1 aliphatic heterocycles. The van der Waals surface area contributed by atoms with E-state index in [1.54, 1.807) is 19.1 Å². The molecule has 0 unspecified atom stereocenters. The zero-order valence-corrected chi connectivity index (χ0v) is 16.1. The van der Waals surface area contributed by atoms with Gasteiger partial charge in [0.25, 0.3) is 0 Å². The lowest BCUT2D eigenvalue weighted by Crippen LogP contribution is -2.32. The Kier molecular flexibility index (Phi) is 9.50. The number of thioether (sulfide) groups is 1. The van der Waals surface area contributed by atoms with Crippen LogP contribution < -0.4 is 4.90 Å². The standard InChI is InChI=1S/C11H13F2NS.C7H7F.C2H6/c1-8-10(12)6-9(7-11(8)13)14-2-4-15-5-3-14;1-6-4-2-3-5-7(6)8;1-2/h6-7H,2-5H2,1H3;2-5H,1H3;1-2H3. The Morgan fingerprint density at radius 2 is 1.36 bits per heavy atom. The monoisotopic (exact) mass is 369 g/mol. The second-order valence-corrected chi connectivity index (χ2v) is 6.61. The molecule has 1 nitrogen and oxygen atoms in total. The number of hydrogen-bond donors (Lipinski definition) is 0. The average molecular weight is 369 g/mol. The summed E-state index contributed by atoms with van der Waals surface area (Å²) in [6, 6.07) is 9.55. The fourth-order valence-electron chi connectivity index (χ4n) is 2.19. The number of rotatable bonds is 1. The Bertz CT molecular complexity index is 611. The topological polar surface area (TPSA) is 3.24 Å². The summed E-state index contributed by atoms with van der Waals surface area (Å²) in [6.45, 7) is 8.94. The van der Waals surface area contributed by atoms with Crippen LogP contribution in [0.5, 0.6) is 0 Å². The third-order valence-corrected chi connectivity index (χ3v) is 4.66. The molecule has 1 fully saturated rings. The van der Waals surface area contributed by atoms with Crippen LogP contribution in [0.4, 0.5) is 18.9 Å². The summed E-state index contributed by atoms with van der Waals surface area (Å²) in [6.07, 6.45) is 0. The number of halogens is 3. The second-order valence-electron chi connectivity index (χ2n) is 5.38. The van der Waals surface area contributed by atoms with Crippen molar-refractivity contribution in [1.29, 1.82) is 0 Å². The molecule has 1 saturated heterocycles. The van der Waals surface area contributed by atoms with Crippen LogP contribution >= 0.6 is 11.8 Å². The van der Waals surface area contributed by atoms with E-state index >= 15 is 0 Å². The zero-order valence-electron chi connectivity index (χ0n) is 15.3. The Morgan fingerprint density at radius 1 is 0.840 bits per heavy atom. The molecule has 0 saturated carbocycles. The average Bonchev–Trinajstić information content (AvgIpc) is 2.65. The van der Waals surface area contributed by atoms with Crippen LogP contribution in [0, 0.1) is 31.3 Å². The van der Waals surface area contributed by atoms with Gasteiger partial charge in [-0.1, -0.05) is 32.0 Å². The Hall–Kier alpha value is -1.62. The van der Waals surface area contributed by atoms with Crippen LogP contribution in [-0.4, -0.2) is 24.6 Å². The van der Waals surface area contributed by atoms with Gasteiger partial charge in [0.2, 0.25) is 0 Å². The molecule has 2 aromatic carbocycles. The summed E-state index contributed by atoms with van der Waals surface area (Å²) < 4.78 is 39.0. The minimum absolute atomic E-state index is 0.102. The summed E-state index contributed by atoms with van der Waals surface area (Å²) in [7, 11) is 0. The molecular formula is C20H26F3NS. The molecule has 5 heteroatoms. The molecule has 0 aliphatic carbocycles. The van der Waals surface area contributed by atoms with E-state index in [2.05, 4.69) is 0 Å². The fraction of sp³-hybridized carbons (Fsp3) is 0.400. The Balaban J connectivity index is 0.000000264. The molecule has 138 valence electrons. The van der Waals surface area contributed by atoms with Gasteiger partial charge in [-0.3, -0.25) is 0 Å². The van der Waals surface area contributed by atoms with Gasteiger partial charge in [0, 0.05) is 35.8 Å². The highest BCUT2D eigenvalue weighted by Gasteiger charge is 2.14. The highest BCUT2D eigenvalue weighted by molar-refractivity contribution is 7.99. The van der Waals surface area contributed by atoms with E-state index < -0.39 is 11.6 Å². The van der Waals surface area contributed by atoms with Crippen molar-refractivity contribution in [1.82, 2.24) is 0 Å². The molecular weight excluding hydrogens is 343 g/mol. The number of aryl methyl sites for hydroxylation is 1. The second kappa shape index (κ2) is 11.1. The number of nitrogens with zero attached hydrogens (tertiary/aromatic N) is 1. The number of anilines is 1. The lowest BCUT2D eigenvalue weighted by molar-refractivity contribution is 0.567. The first-order valence-electron chi connectivity index (χ1n) is 8.48. The van der Waals surface area contributed by atoms with Gasteiger partial charge >= 0.3 is 0 Å². The molecule has 2 aromatic rings. The first-order valence-corrected chi connectivity index (χ1v) is 9.64. The van der Waals surface area contributed by atoms with Gasteiger partial charge in [-0.15, -0.1) is 0 Å². The van der Waals surface area contributed by atoms with Gasteiger partial charge in [0.05, 0.1) is 0 Å². The summed E-state index contributed by atoms with van der Waals surface area (Å²) in [5, 5.41) is 0. The van der Waals surface area contributed by atoms with Gasteiger partial charge in [-0.05, 0) is 37.6 Å². The highest BCUT2D eigenvalue weighted by Crippen LogP contribution is 2.23. The minimum Gasteiger partial charge on any atom is -0.370 e. The van der Waals surface area contributed by atoms with E-state index in [-0.39, 0.29) is 11.4 Å². The van der Waals surface area contributed by atoms with Gasteiger partial charge in [-0.25, -0.2) is 13.2 Å². The molecule has 3 rings (SSSR count). The lowest BCUT2D eigenvalue weighted by atomic mass is 10.2. The van der Waals surface area contributed by atoms with Gasteiger partial charge in [0.1, 0.15) is 17.5 Å². The third kappa shape index (κ3) is 6.65. The number of hydrogen-bond acceptors (Lipinski definition) is 2. The smallest absolute Gasteiger partial charge is 0.131 e. The SMILES string of the molecule is CC.Cc1c(F)cc(N2CCSCC2)cc1F.Cc1ccccc1F. The van der Waals surface area contributed by atoms with Crippen molar-refractivity contribution >= 4 is 17.4 Å². The first kappa shape index (κ1) is 21.4. The van der Waals surface area contributed by atoms with Crippen molar-refractivity contribution in [2.45, 2.75) is 27.7 Å². The molecule has 0 radical (unpaired) electrons. The van der Waals surface area contributed by atoms with Crippen molar-refractivity contribution in [3.8, 4) is 0 Å². The van der Waals surface area contributed by atoms with E-state index in [1.807, 2.05) is 36.6 Å². The van der Waals surface area contributed by atoms with E-state index in [0.717, 1.165) is 24.6 Å².